The molecular weight excluding hydrogens is 469 g/mol. The minimum atomic E-state index is 0. The predicted molar refractivity (Wildman–Crippen MR) is 128 cm³/mol. The van der Waals surface area contributed by atoms with Crippen LogP contribution in [0.15, 0.2) is 29.3 Å². The number of guanidine groups is 1. The van der Waals surface area contributed by atoms with Gasteiger partial charge in [0.15, 0.2) is 5.96 Å². The molecule has 160 valence electrons. The standard InChI is InChI=1S/C20H35N5O2.HI/c1-5-7-19(26)24-18-10-8-17(9-11-18)16-23-20(21-2)22-12-14-25(3)13-6-15-27-4;/h8-11H,5-7,12-16H2,1-4H3,(H,24,26)(H2,21,22,23);1H. The van der Waals surface area contributed by atoms with E-state index in [4.69, 9.17) is 4.74 Å². The SMILES string of the molecule is CCCC(=O)Nc1ccc(CNC(=NC)NCCN(C)CCCOC)cc1.I. The first kappa shape index (κ1) is 26.6. The molecule has 3 N–H and O–H groups in total. The van der Waals surface area contributed by atoms with Crippen molar-refractivity contribution in [3.8, 4) is 0 Å². The van der Waals surface area contributed by atoms with Crippen molar-refractivity contribution in [2.45, 2.75) is 32.7 Å². The fraction of sp³-hybridized carbons (Fsp3) is 0.600. The number of aliphatic imine (C=N–C) groups is 1. The van der Waals surface area contributed by atoms with E-state index in [0.29, 0.717) is 13.0 Å². The largest absolute Gasteiger partial charge is 0.385 e. The quantitative estimate of drug-likeness (QED) is 0.176. The van der Waals surface area contributed by atoms with Crippen molar-refractivity contribution < 1.29 is 9.53 Å². The Kier molecular flexibility index (Phi) is 15.7. The lowest BCUT2D eigenvalue weighted by Gasteiger charge is -2.18. The van der Waals surface area contributed by atoms with Crippen molar-refractivity contribution in [3.63, 3.8) is 0 Å². The Morgan fingerprint density at radius 1 is 1.18 bits per heavy atom. The van der Waals surface area contributed by atoms with Gasteiger partial charge in [0.25, 0.3) is 0 Å². The molecular formula is C20H36IN5O2. The molecule has 0 atom stereocenters. The molecule has 0 spiro atoms. The van der Waals surface area contributed by atoms with E-state index in [0.717, 1.165) is 56.3 Å². The minimum Gasteiger partial charge on any atom is -0.385 e. The summed E-state index contributed by atoms with van der Waals surface area (Å²) in [7, 11) is 5.60. The molecule has 0 aromatic heterocycles. The number of rotatable bonds is 12. The molecule has 0 aliphatic heterocycles. The average molecular weight is 505 g/mol. The molecule has 1 amide bonds. The van der Waals surface area contributed by atoms with E-state index < -0.39 is 0 Å². The molecule has 0 unspecified atom stereocenters. The Bertz CT molecular complexity index is 566. The van der Waals surface area contributed by atoms with Crippen LogP contribution in [0.3, 0.4) is 0 Å². The molecule has 1 rings (SSSR count). The maximum atomic E-state index is 11.6. The van der Waals surface area contributed by atoms with Gasteiger partial charge in [-0.3, -0.25) is 9.79 Å². The van der Waals surface area contributed by atoms with Crippen molar-refractivity contribution in [1.29, 1.82) is 0 Å². The van der Waals surface area contributed by atoms with Gasteiger partial charge in [0, 0.05) is 59.1 Å². The summed E-state index contributed by atoms with van der Waals surface area (Å²) in [5, 5.41) is 9.52. The van der Waals surface area contributed by atoms with E-state index in [1.54, 1.807) is 14.2 Å². The van der Waals surface area contributed by atoms with Crippen LogP contribution >= 0.6 is 24.0 Å². The summed E-state index contributed by atoms with van der Waals surface area (Å²) in [5.74, 6) is 0.834. The lowest BCUT2D eigenvalue weighted by atomic mass is 10.2. The zero-order valence-corrected chi connectivity index (χ0v) is 19.9. The van der Waals surface area contributed by atoms with Gasteiger partial charge in [0.05, 0.1) is 0 Å². The van der Waals surface area contributed by atoms with Crippen molar-refractivity contribution in [3.05, 3.63) is 29.8 Å². The van der Waals surface area contributed by atoms with Crippen molar-refractivity contribution in [1.82, 2.24) is 15.5 Å². The van der Waals surface area contributed by atoms with Gasteiger partial charge in [-0.05, 0) is 37.6 Å². The molecule has 0 heterocycles. The number of hydrogen-bond acceptors (Lipinski definition) is 4. The normalized spacial score (nSPS) is 11.1. The number of amides is 1. The highest BCUT2D eigenvalue weighted by Gasteiger charge is 2.03. The monoisotopic (exact) mass is 505 g/mol. The van der Waals surface area contributed by atoms with Gasteiger partial charge in [-0.15, -0.1) is 24.0 Å². The third-order valence-corrected chi connectivity index (χ3v) is 4.07. The van der Waals surface area contributed by atoms with E-state index in [2.05, 4.69) is 32.9 Å². The highest BCUT2D eigenvalue weighted by molar-refractivity contribution is 14.0. The van der Waals surface area contributed by atoms with E-state index in [-0.39, 0.29) is 29.9 Å². The number of carbonyl (C=O) groups is 1. The summed E-state index contributed by atoms with van der Waals surface area (Å²) in [6, 6.07) is 7.86. The number of anilines is 1. The Labute approximate surface area is 186 Å². The number of likely N-dealkylation sites (N-methyl/N-ethyl adjacent to an activating group) is 1. The Morgan fingerprint density at radius 3 is 2.50 bits per heavy atom. The number of halogens is 1. The van der Waals surface area contributed by atoms with Crippen LogP contribution in [0.2, 0.25) is 0 Å². The molecule has 0 aliphatic rings. The highest BCUT2D eigenvalue weighted by atomic mass is 127. The van der Waals surface area contributed by atoms with Gasteiger partial charge in [-0.2, -0.15) is 0 Å². The first-order chi connectivity index (χ1) is 13.1. The summed E-state index contributed by atoms with van der Waals surface area (Å²) in [4.78, 5) is 18.1. The summed E-state index contributed by atoms with van der Waals surface area (Å²) in [5.41, 5.74) is 1.96. The molecule has 0 fully saturated rings. The Morgan fingerprint density at radius 2 is 1.89 bits per heavy atom. The van der Waals surface area contributed by atoms with Crippen LogP contribution in [0, 0.1) is 0 Å². The van der Waals surface area contributed by atoms with Crippen LogP contribution in [0.5, 0.6) is 0 Å². The second-order valence-electron chi connectivity index (χ2n) is 6.50. The highest BCUT2D eigenvalue weighted by Crippen LogP contribution is 2.10. The molecule has 0 saturated carbocycles. The summed E-state index contributed by atoms with van der Waals surface area (Å²) in [6.07, 6.45) is 2.44. The third-order valence-electron chi connectivity index (χ3n) is 4.07. The molecule has 28 heavy (non-hydrogen) atoms. The molecule has 0 aliphatic carbocycles. The van der Waals surface area contributed by atoms with Crippen LogP contribution in [-0.2, 0) is 16.1 Å². The van der Waals surface area contributed by atoms with E-state index in [1.165, 1.54) is 0 Å². The van der Waals surface area contributed by atoms with Gasteiger partial charge in [0.2, 0.25) is 5.91 Å². The number of nitrogens with zero attached hydrogens (tertiary/aromatic N) is 2. The number of benzene rings is 1. The predicted octanol–water partition coefficient (Wildman–Crippen LogP) is 2.68. The number of ether oxygens (including phenoxy) is 1. The van der Waals surface area contributed by atoms with Crippen LogP contribution in [0.1, 0.15) is 31.7 Å². The van der Waals surface area contributed by atoms with Gasteiger partial charge < -0.3 is 25.6 Å². The molecule has 0 bridgehead atoms. The van der Waals surface area contributed by atoms with Crippen molar-refractivity contribution in [2.75, 3.05) is 52.8 Å². The number of methoxy groups -OCH3 is 1. The van der Waals surface area contributed by atoms with E-state index in [1.807, 2.05) is 31.2 Å². The molecule has 0 saturated heterocycles. The van der Waals surface area contributed by atoms with Crippen LogP contribution in [0.25, 0.3) is 0 Å². The minimum absolute atomic E-state index is 0. The third kappa shape index (κ3) is 12.1. The molecule has 1 aromatic rings. The van der Waals surface area contributed by atoms with Gasteiger partial charge in [0.1, 0.15) is 0 Å². The molecule has 8 heteroatoms. The second-order valence-corrected chi connectivity index (χ2v) is 6.50. The summed E-state index contributed by atoms with van der Waals surface area (Å²) >= 11 is 0. The summed E-state index contributed by atoms with van der Waals surface area (Å²) in [6.45, 7) is 6.24. The van der Waals surface area contributed by atoms with Crippen LogP contribution in [-0.4, -0.2) is 64.2 Å². The zero-order valence-electron chi connectivity index (χ0n) is 17.6. The molecule has 1 aromatic carbocycles. The fourth-order valence-electron chi connectivity index (χ4n) is 2.52. The smallest absolute Gasteiger partial charge is 0.224 e. The topological polar surface area (TPSA) is 78.0 Å². The number of hydrogen-bond donors (Lipinski definition) is 3. The van der Waals surface area contributed by atoms with Crippen molar-refractivity contribution >= 4 is 41.5 Å². The maximum Gasteiger partial charge on any atom is 0.224 e. The molecule has 0 radical (unpaired) electrons. The number of carbonyl (C=O) groups excluding carboxylic acids is 1. The first-order valence-corrected chi connectivity index (χ1v) is 9.59. The van der Waals surface area contributed by atoms with E-state index in [9.17, 15) is 4.79 Å². The average Bonchev–Trinajstić information content (AvgIpc) is 2.66. The van der Waals surface area contributed by atoms with Gasteiger partial charge >= 0.3 is 0 Å². The van der Waals surface area contributed by atoms with Gasteiger partial charge in [-0.1, -0.05) is 19.1 Å². The lowest BCUT2D eigenvalue weighted by Crippen LogP contribution is -2.40. The zero-order chi connectivity index (χ0) is 19.9. The van der Waals surface area contributed by atoms with Gasteiger partial charge in [-0.25, -0.2) is 0 Å². The lowest BCUT2D eigenvalue weighted by molar-refractivity contribution is -0.116. The Balaban J connectivity index is 0.00000729. The van der Waals surface area contributed by atoms with E-state index >= 15 is 0 Å². The Hall–Kier alpha value is -1.39. The first-order valence-electron chi connectivity index (χ1n) is 9.59. The number of nitrogens with one attached hydrogen (secondary N) is 3. The molecule has 7 nitrogen and oxygen atoms in total. The second kappa shape index (κ2) is 16.6. The van der Waals surface area contributed by atoms with Crippen LogP contribution < -0.4 is 16.0 Å². The summed E-state index contributed by atoms with van der Waals surface area (Å²) < 4.78 is 5.07. The fourth-order valence-corrected chi connectivity index (χ4v) is 2.52. The van der Waals surface area contributed by atoms with Crippen molar-refractivity contribution in [2.24, 2.45) is 4.99 Å². The maximum absolute atomic E-state index is 11.6. The van der Waals surface area contributed by atoms with Crippen LogP contribution in [0.4, 0.5) is 5.69 Å².